The summed E-state index contributed by atoms with van der Waals surface area (Å²) in [6.07, 6.45) is 3.71. The fraction of sp³-hybridized carbons (Fsp3) is 0.632. The number of aliphatic hydroxyl groups excluding tert-OH is 1. The molecule has 3 rings (SSSR count). The largest absolute Gasteiger partial charge is 0.393 e. The van der Waals surface area contributed by atoms with E-state index in [-0.39, 0.29) is 29.9 Å². The Kier molecular flexibility index (Phi) is 5.02. The summed E-state index contributed by atoms with van der Waals surface area (Å²) in [5.74, 6) is 1.24. The third-order valence-electron chi connectivity index (χ3n) is 5.70. The quantitative estimate of drug-likeness (QED) is 0.752. The van der Waals surface area contributed by atoms with Gasteiger partial charge in [0.2, 0.25) is 5.91 Å². The first-order chi connectivity index (χ1) is 11.1. The van der Waals surface area contributed by atoms with Crippen molar-refractivity contribution < 1.29 is 9.90 Å². The Morgan fingerprint density at radius 3 is 2.61 bits per heavy atom. The standard InChI is InChI=1S/C19H28N2O2/c1-12(22)9-16(13-5-3-2-4-6-13)11-21-19(23)17-14-7-8-15(10-14)18(17)20/h2-6,12,14-18,22H,7-11,20H2,1H3,(H,21,23). The molecule has 2 bridgehead atoms. The number of carbonyl (C=O) groups excluding carboxylic acids is 1. The summed E-state index contributed by atoms with van der Waals surface area (Å²) in [6, 6.07) is 10.1. The van der Waals surface area contributed by atoms with Gasteiger partial charge in [-0.3, -0.25) is 4.79 Å². The molecular formula is C19H28N2O2. The molecule has 0 saturated heterocycles. The molecule has 0 radical (unpaired) electrons. The molecule has 2 saturated carbocycles. The SMILES string of the molecule is CC(O)CC(CNC(=O)C1C2CCC(C2)C1N)c1ccccc1. The maximum atomic E-state index is 12.6. The van der Waals surface area contributed by atoms with Crippen LogP contribution in [0.4, 0.5) is 0 Å². The molecule has 1 amide bonds. The molecule has 0 aliphatic heterocycles. The topological polar surface area (TPSA) is 75.3 Å². The predicted molar refractivity (Wildman–Crippen MR) is 90.8 cm³/mol. The number of aliphatic hydroxyl groups is 1. The number of rotatable bonds is 6. The molecule has 0 aromatic heterocycles. The van der Waals surface area contributed by atoms with Crippen LogP contribution in [-0.2, 0) is 4.79 Å². The van der Waals surface area contributed by atoms with E-state index in [9.17, 15) is 9.90 Å². The van der Waals surface area contributed by atoms with Crippen LogP contribution in [0.2, 0.25) is 0 Å². The fourth-order valence-electron chi connectivity index (χ4n) is 4.54. The van der Waals surface area contributed by atoms with Crippen molar-refractivity contribution in [3.05, 3.63) is 35.9 Å². The molecule has 4 nitrogen and oxygen atoms in total. The molecule has 4 heteroatoms. The number of benzene rings is 1. The maximum Gasteiger partial charge on any atom is 0.224 e. The summed E-state index contributed by atoms with van der Waals surface area (Å²) in [5.41, 5.74) is 7.42. The van der Waals surface area contributed by atoms with Gasteiger partial charge < -0.3 is 16.2 Å². The van der Waals surface area contributed by atoms with Gasteiger partial charge in [0.05, 0.1) is 12.0 Å². The molecule has 126 valence electrons. The smallest absolute Gasteiger partial charge is 0.224 e. The van der Waals surface area contributed by atoms with Crippen molar-refractivity contribution in [2.45, 2.75) is 50.7 Å². The average molecular weight is 316 g/mol. The highest BCUT2D eigenvalue weighted by Crippen LogP contribution is 2.47. The van der Waals surface area contributed by atoms with Gasteiger partial charge in [-0.05, 0) is 50.0 Å². The second kappa shape index (κ2) is 7.02. The summed E-state index contributed by atoms with van der Waals surface area (Å²) < 4.78 is 0. The van der Waals surface area contributed by atoms with Crippen LogP contribution in [-0.4, -0.2) is 29.7 Å². The molecule has 1 aromatic carbocycles. The van der Waals surface area contributed by atoms with E-state index in [1.807, 2.05) is 18.2 Å². The van der Waals surface area contributed by atoms with Gasteiger partial charge in [-0.1, -0.05) is 30.3 Å². The minimum absolute atomic E-state index is 0.0169. The monoisotopic (exact) mass is 316 g/mol. The van der Waals surface area contributed by atoms with Crippen LogP contribution in [0.3, 0.4) is 0 Å². The van der Waals surface area contributed by atoms with Crippen molar-refractivity contribution in [1.29, 1.82) is 0 Å². The van der Waals surface area contributed by atoms with Gasteiger partial charge in [0, 0.05) is 18.5 Å². The highest BCUT2D eigenvalue weighted by Gasteiger charge is 2.49. The molecule has 0 spiro atoms. The van der Waals surface area contributed by atoms with Gasteiger partial charge in [-0.25, -0.2) is 0 Å². The van der Waals surface area contributed by atoms with Crippen LogP contribution in [0.5, 0.6) is 0 Å². The molecule has 6 unspecified atom stereocenters. The summed E-state index contributed by atoms with van der Waals surface area (Å²) in [7, 11) is 0. The van der Waals surface area contributed by atoms with Gasteiger partial charge in [0.25, 0.3) is 0 Å². The third-order valence-corrected chi connectivity index (χ3v) is 5.70. The van der Waals surface area contributed by atoms with E-state index in [1.54, 1.807) is 6.92 Å². The Morgan fingerprint density at radius 2 is 2.00 bits per heavy atom. The predicted octanol–water partition coefficient (Wildman–Crippen LogP) is 2.03. The van der Waals surface area contributed by atoms with Crippen LogP contribution in [0.15, 0.2) is 30.3 Å². The van der Waals surface area contributed by atoms with Crippen LogP contribution >= 0.6 is 0 Å². The Balaban J connectivity index is 1.61. The lowest BCUT2D eigenvalue weighted by molar-refractivity contribution is -0.127. The zero-order valence-corrected chi connectivity index (χ0v) is 13.8. The lowest BCUT2D eigenvalue weighted by Crippen LogP contribution is -2.46. The van der Waals surface area contributed by atoms with Crippen molar-refractivity contribution in [2.24, 2.45) is 23.5 Å². The highest BCUT2D eigenvalue weighted by atomic mass is 16.3. The van der Waals surface area contributed by atoms with Gasteiger partial charge >= 0.3 is 0 Å². The van der Waals surface area contributed by atoms with E-state index in [1.165, 1.54) is 6.42 Å². The number of hydrogen-bond acceptors (Lipinski definition) is 3. The summed E-state index contributed by atoms with van der Waals surface area (Å²) in [6.45, 7) is 2.36. The molecule has 0 heterocycles. The molecule has 2 aliphatic carbocycles. The minimum Gasteiger partial charge on any atom is -0.393 e. The van der Waals surface area contributed by atoms with Crippen molar-refractivity contribution >= 4 is 5.91 Å². The van der Waals surface area contributed by atoms with Crippen LogP contribution in [0, 0.1) is 17.8 Å². The van der Waals surface area contributed by atoms with Gasteiger partial charge in [-0.15, -0.1) is 0 Å². The third kappa shape index (κ3) is 3.59. The van der Waals surface area contributed by atoms with Crippen molar-refractivity contribution in [3.63, 3.8) is 0 Å². The molecule has 23 heavy (non-hydrogen) atoms. The first-order valence-corrected chi connectivity index (χ1v) is 8.82. The maximum absolute atomic E-state index is 12.6. The second-order valence-electron chi connectivity index (χ2n) is 7.37. The molecular weight excluding hydrogens is 288 g/mol. The first kappa shape index (κ1) is 16.5. The number of nitrogens with one attached hydrogen (secondary N) is 1. The van der Waals surface area contributed by atoms with E-state index >= 15 is 0 Å². The van der Waals surface area contributed by atoms with E-state index in [2.05, 4.69) is 17.4 Å². The van der Waals surface area contributed by atoms with Crippen molar-refractivity contribution in [1.82, 2.24) is 5.32 Å². The number of hydrogen-bond donors (Lipinski definition) is 3. The van der Waals surface area contributed by atoms with E-state index in [0.29, 0.717) is 24.8 Å². The van der Waals surface area contributed by atoms with Crippen LogP contribution < -0.4 is 11.1 Å². The Morgan fingerprint density at radius 1 is 1.30 bits per heavy atom. The van der Waals surface area contributed by atoms with Gasteiger partial charge in [-0.2, -0.15) is 0 Å². The van der Waals surface area contributed by atoms with Crippen LogP contribution in [0.25, 0.3) is 0 Å². The molecule has 1 aromatic rings. The zero-order chi connectivity index (χ0) is 16.4. The van der Waals surface area contributed by atoms with Gasteiger partial charge in [0.15, 0.2) is 0 Å². The average Bonchev–Trinajstić information content (AvgIpc) is 3.12. The first-order valence-electron chi connectivity index (χ1n) is 8.82. The Bertz CT molecular complexity index is 529. The van der Waals surface area contributed by atoms with E-state index in [0.717, 1.165) is 18.4 Å². The number of amides is 1. The number of fused-ring (bicyclic) bond motifs is 2. The zero-order valence-electron chi connectivity index (χ0n) is 13.8. The number of carbonyl (C=O) groups is 1. The molecule has 6 atom stereocenters. The minimum atomic E-state index is -0.387. The second-order valence-corrected chi connectivity index (χ2v) is 7.37. The number of nitrogens with two attached hydrogens (primary N) is 1. The van der Waals surface area contributed by atoms with Crippen molar-refractivity contribution in [3.8, 4) is 0 Å². The summed E-state index contributed by atoms with van der Waals surface area (Å²) in [5, 5.41) is 12.9. The van der Waals surface area contributed by atoms with Gasteiger partial charge in [0.1, 0.15) is 0 Å². The van der Waals surface area contributed by atoms with E-state index in [4.69, 9.17) is 5.73 Å². The lowest BCUT2D eigenvalue weighted by Gasteiger charge is -2.28. The lowest BCUT2D eigenvalue weighted by atomic mass is 9.84. The molecule has 4 N–H and O–H groups in total. The molecule has 2 aliphatic rings. The van der Waals surface area contributed by atoms with Crippen molar-refractivity contribution in [2.75, 3.05) is 6.54 Å². The Labute approximate surface area is 138 Å². The summed E-state index contributed by atoms with van der Waals surface area (Å²) >= 11 is 0. The Hall–Kier alpha value is -1.39. The summed E-state index contributed by atoms with van der Waals surface area (Å²) in [4.78, 5) is 12.6. The highest BCUT2D eigenvalue weighted by molar-refractivity contribution is 5.80. The fourth-order valence-corrected chi connectivity index (χ4v) is 4.54. The normalized spacial score (nSPS) is 31.8. The molecule has 2 fully saturated rings. The van der Waals surface area contributed by atoms with Crippen LogP contribution in [0.1, 0.15) is 44.1 Å². The van der Waals surface area contributed by atoms with E-state index < -0.39 is 0 Å².